The predicted molar refractivity (Wildman–Crippen MR) is 75.1 cm³/mol. The molecule has 2 heterocycles. The molecule has 4 nitrogen and oxygen atoms in total. The number of hydrogen-bond donors (Lipinski definition) is 1. The Balaban J connectivity index is 1.59. The fourth-order valence-electron chi connectivity index (χ4n) is 3.68. The molecule has 1 saturated carbocycles. The highest BCUT2D eigenvalue weighted by Crippen LogP contribution is 2.44. The van der Waals surface area contributed by atoms with Gasteiger partial charge in [-0.1, -0.05) is 6.42 Å². The Kier molecular flexibility index (Phi) is 2.56. The van der Waals surface area contributed by atoms with Crippen LogP contribution in [0.4, 0.5) is 5.82 Å². The number of nitrogens with two attached hydrogens (primary N) is 1. The molecule has 19 heavy (non-hydrogen) atoms. The summed E-state index contributed by atoms with van der Waals surface area (Å²) >= 11 is 0. The normalized spacial score (nSPS) is 25.4. The molecule has 0 unspecified atom stereocenters. The van der Waals surface area contributed by atoms with Crippen molar-refractivity contribution in [2.75, 3.05) is 18.0 Å². The SMILES string of the molecule is NC1(C2CC2)CN(c2ncnc3c2CCCCC3)C1. The second kappa shape index (κ2) is 4.17. The number of nitrogens with zero attached hydrogens (tertiary/aromatic N) is 3. The van der Waals surface area contributed by atoms with Crippen molar-refractivity contribution in [1.29, 1.82) is 0 Å². The molecular formula is C15H22N4. The summed E-state index contributed by atoms with van der Waals surface area (Å²) in [6.07, 6.45) is 10.5. The van der Waals surface area contributed by atoms with Gasteiger partial charge >= 0.3 is 0 Å². The monoisotopic (exact) mass is 258 g/mol. The maximum Gasteiger partial charge on any atom is 0.135 e. The first-order valence-corrected chi connectivity index (χ1v) is 7.63. The number of aromatic nitrogens is 2. The fraction of sp³-hybridized carbons (Fsp3) is 0.733. The van der Waals surface area contributed by atoms with E-state index in [9.17, 15) is 0 Å². The average molecular weight is 258 g/mol. The Bertz CT molecular complexity index is 489. The molecule has 0 aromatic carbocycles. The maximum absolute atomic E-state index is 6.46. The molecule has 4 rings (SSSR count). The van der Waals surface area contributed by atoms with Gasteiger partial charge in [-0.15, -0.1) is 0 Å². The summed E-state index contributed by atoms with van der Waals surface area (Å²) < 4.78 is 0. The topological polar surface area (TPSA) is 55.0 Å². The number of rotatable bonds is 2. The molecule has 0 radical (unpaired) electrons. The van der Waals surface area contributed by atoms with E-state index >= 15 is 0 Å². The zero-order chi connectivity index (χ0) is 12.9. The Morgan fingerprint density at radius 1 is 1.11 bits per heavy atom. The van der Waals surface area contributed by atoms with E-state index < -0.39 is 0 Å². The van der Waals surface area contributed by atoms with Crippen LogP contribution in [0, 0.1) is 5.92 Å². The number of anilines is 1. The lowest BCUT2D eigenvalue weighted by Gasteiger charge is -2.49. The van der Waals surface area contributed by atoms with Gasteiger partial charge in [-0.25, -0.2) is 9.97 Å². The van der Waals surface area contributed by atoms with Crippen molar-refractivity contribution in [3.63, 3.8) is 0 Å². The van der Waals surface area contributed by atoms with Crippen molar-refractivity contribution in [1.82, 2.24) is 9.97 Å². The van der Waals surface area contributed by atoms with Gasteiger partial charge in [-0.3, -0.25) is 0 Å². The van der Waals surface area contributed by atoms with E-state index in [4.69, 9.17) is 5.73 Å². The maximum atomic E-state index is 6.46. The lowest BCUT2D eigenvalue weighted by Crippen LogP contribution is -2.69. The third kappa shape index (κ3) is 1.93. The van der Waals surface area contributed by atoms with Gasteiger partial charge in [-0.2, -0.15) is 0 Å². The van der Waals surface area contributed by atoms with Crippen LogP contribution < -0.4 is 10.6 Å². The summed E-state index contributed by atoms with van der Waals surface area (Å²) in [5, 5.41) is 0. The van der Waals surface area contributed by atoms with E-state index in [1.807, 2.05) is 0 Å². The quantitative estimate of drug-likeness (QED) is 0.820. The summed E-state index contributed by atoms with van der Waals surface area (Å²) in [6, 6.07) is 0. The molecule has 2 fully saturated rings. The highest BCUT2D eigenvalue weighted by molar-refractivity contribution is 5.53. The summed E-state index contributed by atoms with van der Waals surface area (Å²) in [7, 11) is 0. The van der Waals surface area contributed by atoms with Gasteiger partial charge in [0, 0.05) is 24.3 Å². The van der Waals surface area contributed by atoms with E-state index in [0.717, 1.165) is 31.8 Å². The Morgan fingerprint density at radius 2 is 1.89 bits per heavy atom. The molecule has 1 aromatic rings. The minimum Gasteiger partial charge on any atom is -0.352 e. The van der Waals surface area contributed by atoms with E-state index in [1.165, 1.54) is 49.2 Å². The van der Waals surface area contributed by atoms with Crippen LogP contribution in [-0.4, -0.2) is 28.6 Å². The summed E-state index contributed by atoms with van der Waals surface area (Å²) in [5.74, 6) is 1.94. The first-order valence-electron chi connectivity index (χ1n) is 7.63. The molecule has 102 valence electrons. The lowest BCUT2D eigenvalue weighted by molar-refractivity contribution is 0.288. The molecular weight excluding hydrogens is 236 g/mol. The zero-order valence-corrected chi connectivity index (χ0v) is 11.4. The van der Waals surface area contributed by atoms with Crippen LogP contribution in [0.25, 0.3) is 0 Å². The van der Waals surface area contributed by atoms with Gasteiger partial charge in [0.2, 0.25) is 0 Å². The standard InChI is InChI=1S/C15H22N4/c16-15(11-6-7-11)8-19(9-15)14-12-4-2-1-3-5-13(12)17-10-18-14/h10-11H,1-9,16H2. The lowest BCUT2D eigenvalue weighted by atomic mass is 9.85. The highest BCUT2D eigenvalue weighted by Gasteiger charge is 2.51. The molecule has 2 aliphatic carbocycles. The summed E-state index contributed by atoms with van der Waals surface area (Å²) in [4.78, 5) is 11.4. The van der Waals surface area contributed by atoms with Gasteiger partial charge in [0.15, 0.2) is 0 Å². The second-order valence-corrected chi connectivity index (χ2v) is 6.55. The van der Waals surface area contributed by atoms with Crippen molar-refractivity contribution < 1.29 is 0 Å². The molecule has 1 aromatic heterocycles. The molecule has 1 saturated heterocycles. The van der Waals surface area contributed by atoms with Crippen molar-refractivity contribution >= 4 is 5.82 Å². The smallest absolute Gasteiger partial charge is 0.135 e. The van der Waals surface area contributed by atoms with Gasteiger partial charge in [0.05, 0.1) is 5.54 Å². The van der Waals surface area contributed by atoms with Crippen LogP contribution in [-0.2, 0) is 12.8 Å². The Morgan fingerprint density at radius 3 is 2.68 bits per heavy atom. The predicted octanol–water partition coefficient (Wildman–Crippen LogP) is 1.67. The van der Waals surface area contributed by atoms with Crippen molar-refractivity contribution in [2.24, 2.45) is 11.7 Å². The zero-order valence-electron chi connectivity index (χ0n) is 11.4. The van der Waals surface area contributed by atoms with Crippen LogP contribution in [0.3, 0.4) is 0 Å². The third-order valence-electron chi connectivity index (χ3n) is 5.01. The van der Waals surface area contributed by atoms with E-state index in [1.54, 1.807) is 6.33 Å². The molecule has 2 N–H and O–H groups in total. The first kappa shape index (κ1) is 11.6. The van der Waals surface area contributed by atoms with Crippen LogP contribution in [0.15, 0.2) is 6.33 Å². The molecule has 0 spiro atoms. The number of hydrogen-bond acceptors (Lipinski definition) is 4. The fourth-order valence-corrected chi connectivity index (χ4v) is 3.68. The number of fused-ring (bicyclic) bond motifs is 1. The highest BCUT2D eigenvalue weighted by atomic mass is 15.3. The van der Waals surface area contributed by atoms with Crippen LogP contribution in [0.5, 0.6) is 0 Å². The van der Waals surface area contributed by atoms with E-state index in [2.05, 4.69) is 14.9 Å². The van der Waals surface area contributed by atoms with Crippen molar-refractivity contribution in [3.05, 3.63) is 17.6 Å². The van der Waals surface area contributed by atoms with E-state index in [0.29, 0.717) is 0 Å². The van der Waals surface area contributed by atoms with Crippen molar-refractivity contribution in [2.45, 2.75) is 50.5 Å². The minimum atomic E-state index is 0.0720. The van der Waals surface area contributed by atoms with Crippen LogP contribution in [0.2, 0.25) is 0 Å². The molecule has 0 atom stereocenters. The Labute approximate surface area is 114 Å². The molecule has 0 bridgehead atoms. The second-order valence-electron chi connectivity index (χ2n) is 6.55. The first-order chi connectivity index (χ1) is 9.26. The average Bonchev–Trinajstić information content (AvgIpc) is 3.20. The molecule has 4 heteroatoms. The van der Waals surface area contributed by atoms with Gasteiger partial charge in [0.1, 0.15) is 12.1 Å². The summed E-state index contributed by atoms with van der Waals surface area (Å²) in [5.41, 5.74) is 9.21. The minimum absolute atomic E-state index is 0.0720. The molecule has 3 aliphatic rings. The van der Waals surface area contributed by atoms with Gasteiger partial charge < -0.3 is 10.6 Å². The third-order valence-corrected chi connectivity index (χ3v) is 5.01. The van der Waals surface area contributed by atoms with Crippen molar-refractivity contribution in [3.8, 4) is 0 Å². The number of aryl methyl sites for hydroxylation is 1. The van der Waals surface area contributed by atoms with Gasteiger partial charge in [0.25, 0.3) is 0 Å². The van der Waals surface area contributed by atoms with Crippen LogP contribution >= 0.6 is 0 Å². The summed E-state index contributed by atoms with van der Waals surface area (Å²) in [6.45, 7) is 1.97. The van der Waals surface area contributed by atoms with E-state index in [-0.39, 0.29) is 5.54 Å². The Hall–Kier alpha value is -1.16. The molecule has 1 aliphatic heterocycles. The van der Waals surface area contributed by atoms with Crippen LogP contribution in [0.1, 0.15) is 43.4 Å². The molecule has 0 amide bonds. The largest absolute Gasteiger partial charge is 0.352 e. The van der Waals surface area contributed by atoms with Gasteiger partial charge in [-0.05, 0) is 44.4 Å².